The topological polar surface area (TPSA) is 20.2 Å². The predicted molar refractivity (Wildman–Crippen MR) is 34.5 cm³/mol. The van der Waals surface area contributed by atoms with Crippen molar-refractivity contribution >= 4 is 15.9 Å². The summed E-state index contributed by atoms with van der Waals surface area (Å²) < 4.78 is 0.646. The molecule has 0 bridgehead atoms. The minimum absolute atomic E-state index is 0.0718. The summed E-state index contributed by atoms with van der Waals surface area (Å²) in [5, 5.41) is 8.51. The third-order valence-electron chi connectivity index (χ3n) is 0.529. The molecule has 0 aliphatic heterocycles. The van der Waals surface area contributed by atoms with Crippen LogP contribution in [0.3, 0.4) is 0 Å². The summed E-state index contributed by atoms with van der Waals surface area (Å²) in [6, 6.07) is 0. The third-order valence-corrected chi connectivity index (χ3v) is 1.44. The van der Waals surface area contributed by atoms with Crippen LogP contribution in [0.15, 0.2) is 22.9 Å². The highest BCUT2D eigenvalue weighted by Gasteiger charge is 1.87. The van der Waals surface area contributed by atoms with Crippen LogP contribution < -0.4 is 0 Å². The van der Waals surface area contributed by atoms with Crippen LogP contribution in [0.5, 0.6) is 0 Å². The summed E-state index contributed by atoms with van der Waals surface area (Å²) in [6.45, 7) is 5.08. The maximum absolute atomic E-state index is 8.51. The Morgan fingerprint density at radius 2 is 2.29 bits per heavy atom. The van der Waals surface area contributed by atoms with Crippen LogP contribution in [-0.2, 0) is 0 Å². The number of hydrogen-bond donors (Lipinski definition) is 1. The molecule has 0 aromatic carbocycles. The van der Waals surface area contributed by atoms with E-state index in [0.29, 0.717) is 4.48 Å². The van der Waals surface area contributed by atoms with Gasteiger partial charge in [-0.1, -0.05) is 12.7 Å². The zero-order valence-corrected chi connectivity index (χ0v) is 5.70. The Hall–Kier alpha value is -0.240. The number of allylic oxidation sites excluding steroid dienone is 2. The van der Waals surface area contributed by atoms with Gasteiger partial charge in [-0.2, -0.15) is 0 Å². The van der Waals surface area contributed by atoms with E-state index in [1.54, 1.807) is 6.08 Å². The first kappa shape index (κ1) is 6.76. The van der Waals surface area contributed by atoms with E-state index in [9.17, 15) is 0 Å². The van der Waals surface area contributed by atoms with Gasteiger partial charge in [0.1, 0.15) is 5.76 Å². The monoisotopic (exact) mass is 162 g/mol. The highest BCUT2D eigenvalue weighted by Crippen LogP contribution is 2.10. The molecule has 0 spiro atoms. The lowest BCUT2D eigenvalue weighted by molar-refractivity contribution is 0.433. The largest absolute Gasteiger partial charge is 0.507 e. The van der Waals surface area contributed by atoms with Gasteiger partial charge in [0.05, 0.1) is 4.48 Å². The fraction of sp³-hybridized carbons (Fsp3) is 0.200. The van der Waals surface area contributed by atoms with Gasteiger partial charge < -0.3 is 5.11 Å². The summed E-state index contributed by atoms with van der Waals surface area (Å²) in [5.74, 6) is 0.0718. The quantitative estimate of drug-likeness (QED) is 0.464. The highest BCUT2D eigenvalue weighted by molar-refractivity contribution is 9.11. The lowest BCUT2D eigenvalue weighted by atomic mass is 10.5. The molecule has 0 fully saturated rings. The van der Waals surface area contributed by atoms with Gasteiger partial charge in [0.25, 0.3) is 0 Å². The fourth-order valence-electron chi connectivity index (χ4n) is 0.167. The molecule has 0 aliphatic carbocycles. The molecule has 1 N–H and O–H groups in total. The maximum atomic E-state index is 8.51. The van der Waals surface area contributed by atoms with Crippen LogP contribution in [0, 0.1) is 0 Å². The van der Waals surface area contributed by atoms with Gasteiger partial charge in [-0.3, -0.25) is 0 Å². The number of hydrogen-bond acceptors (Lipinski definition) is 1. The minimum Gasteiger partial charge on any atom is -0.507 e. The van der Waals surface area contributed by atoms with Crippen molar-refractivity contribution in [1.82, 2.24) is 0 Å². The van der Waals surface area contributed by atoms with Crippen molar-refractivity contribution in [3.63, 3.8) is 0 Å². The van der Waals surface area contributed by atoms with E-state index in [1.165, 1.54) is 0 Å². The fourth-order valence-corrected chi connectivity index (χ4v) is 0.167. The molecule has 7 heavy (non-hydrogen) atoms. The Kier molecular flexibility index (Phi) is 2.76. The zero-order chi connectivity index (χ0) is 5.86. The van der Waals surface area contributed by atoms with Gasteiger partial charge in [-0.15, -0.1) is 0 Å². The van der Waals surface area contributed by atoms with Gasteiger partial charge in [-0.05, 0) is 22.9 Å². The van der Waals surface area contributed by atoms with E-state index in [0.717, 1.165) is 0 Å². The second-order valence-corrected chi connectivity index (χ2v) is 1.94. The molecule has 0 rings (SSSR count). The van der Waals surface area contributed by atoms with Crippen molar-refractivity contribution < 1.29 is 5.11 Å². The molecule has 0 saturated heterocycles. The first-order chi connectivity index (χ1) is 3.18. The number of aliphatic hydroxyl groups excluding tert-OH is 1. The Labute approximate surface area is 51.5 Å². The van der Waals surface area contributed by atoms with Gasteiger partial charge >= 0.3 is 0 Å². The third kappa shape index (κ3) is 2.45. The van der Waals surface area contributed by atoms with Crippen molar-refractivity contribution in [2.24, 2.45) is 0 Å². The SMILES string of the molecule is C=C(O)/C(Br)=C\C. The number of rotatable bonds is 1. The highest BCUT2D eigenvalue weighted by atomic mass is 79.9. The second kappa shape index (κ2) is 2.86. The van der Waals surface area contributed by atoms with Crippen LogP contribution in [0.2, 0.25) is 0 Å². The summed E-state index contributed by atoms with van der Waals surface area (Å²) in [7, 11) is 0. The summed E-state index contributed by atoms with van der Waals surface area (Å²) in [4.78, 5) is 0. The Morgan fingerprint density at radius 3 is 2.29 bits per heavy atom. The molecule has 0 heterocycles. The molecule has 0 saturated carbocycles. The average Bonchev–Trinajstić information content (AvgIpc) is 1.65. The van der Waals surface area contributed by atoms with Crippen molar-refractivity contribution in [1.29, 1.82) is 0 Å². The predicted octanol–water partition coefficient (Wildman–Crippen LogP) is 2.36. The summed E-state index contributed by atoms with van der Waals surface area (Å²) >= 11 is 3.05. The van der Waals surface area contributed by atoms with Crippen LogP contribution >= 0.6 is 15.9 Å². The van der Waals surface area contributed by atoms with E-state index in [1.807, 2.05) is 6.92 Å². The molecule has 40 valence electrons. The molecular weight excluding hydrogens is 156 g/mol. The molecule has 2 heteroatoms. The van der Waals surface area contributed by atoms with Crippen molar-refractivity contribution in [3.8, 4) is 0 Å². The van der Waals surface area contributed by atoms with Crippen LogP contribution in [0.4, 0.5) is 0 Å². The number of aliphatic hydroxyl groups is 1. The van der Waals surface area contributed by atoms with E-state index in [4.69, 9.17) is 5.11 Å². The van der Waals surface area contributed by atoms with Crippen molar-refractivity contribution in [2.75, 3.05) is 0 Å². The van der Waals surface area contributed by atoms with E-state index in [2.05, 4.69) is 22.5 Å². The Balaban J connectivity index is 3.82. The van der Waals surface area contributed by atoms with E-state index >= 15 is 0 Å². The molecule has 0 aromatic heterocycles. The molecule has 0 aromatic rings. The summed E-state index contributed by atoms with van der Waals surface area (Å²) in [5.41, 5.74) is 0. The zero-order valence-electron chi connectivity index (χ0n) is 4.11. The van der Waals surface area contributed by atoms with Crippen molar-refractivity contribution in [2.45, 2.75) is 6.92 Å². The van der Waals surface area contributed by atoms with Crippen LogP contribution in [0.1, 0.15) is 6.92 Å². The van der Waals surface area contributed by atoms with Gasteiger partial charge in [0.15, 0.2) is 0 Å². The molecule has 0 radical (unpaired) electrons. The van der Waals surface area contributed by atoms with Gasteiger partial charge in [-0.25, -0.2) is 0 Å². The Bertz CT molecular complexity index is 105. The molecule has 0 amide bonds. The second-order valence-electron chi connectivity index (χ2n) is 1.08. The van der Waals surface area contributed by atoms with Gasteiger partial charge in [0, 0.05) is 0 Å². The molecule has 1 nitrogen and oxygen atoms in total. The average molecular weight is 163 g/mol. The standard InChI is InChI=1S/C5H7BrO/c1-3-5(6)4(2)7/h3,7H,2H2,1H3/b5-3+. The van der Waals surface area contributed by atoms with Crippen LogP contribution in [-0.4, -0.2) is 5.11 Å². The molecule has 0 unspecified atom stereocenters. The smallest absolute Gasteiger partial charge is 0.122 e. The first-order valence-corrected chi connectivity index (χ1v) is 2.68. The molecular formula is C5H7BrO. The van der Waals surface area contributed by atoms with E-state index < -0.39 is 0 Å². The summed E-state index contributed by atoms with van der Waals surface area (Å²) in [6.07, 6.45) is 1.72. The lowest BCUT2D eigenvalue weighted by Crippen LogP contribution is -1.72. The molecule has 0 atom stereocenters. The van der Waals surface area contributed by atoms with Crippen LogP contribution in [0.25, 0.3) is 0 Å². The van der Waals surface area contributed by atoms with Gasteiger partial charge in [0.2, 0.25) is 0 Å². The first-order valence-electron chi connectivity index (χ1n) is 1.88. The maximum Gasteiger partial charge on any atom is 0.122 e. The lowest BCUT2D eigenvalue weighted by Gasteiger charge is -1.88. The van der Waals surface area contributed by atoms with E-state index in [-0.39, 0.29) is 5.76 Å². The normalized spacial score (nSPS) is 11.4. The Morgan fingerprint density at radius 1 is 1.86 bits per heavy atom. The van der Waals surface area contributed by atoms with Crippen molar-refractivity contribution in [3.05, 3.63) is 22.9 Å². The number of halogens is 1. The molecule has 0 aliphatic rings. The minimum atomic E-state index is 0.0718.